The van der Waals surface area contributed by atoms with E-state index in [1.165, 1.54) is 0 Å². The van der Waals surface area contributed by atoms with Crippen LogP contribution in [-0.4, -0.2) is 5.97 Å². The Labute approximate surface area is 78.5 Å². The van der Waals surface area contributed by atoms with Crippen molar-refractivity contribution in [1.29, 1.82) is 0 Å². The summed E-state index contributed by atoms with van der Waals surface area (Å²) in [5.41, 5.74) is 1.46. The maximum Gasteiger partial charge on any atom is 0.352 e. The predicted molar refractivity (Wildman–Crippen MR) is 52.6 cm³/mol. The Morgan fingerprint density at radius 2 is 1.85 bits per heavy atom. The first-order valence-electron chi connectivity index (χ1n) is 3.98. The topological polar surface area (TPSA) is 52.3 Å². The lowest BCUT2D eigenvalue weighted by molar-refractivity contribution is -0.139. The highest BCUT2D eigenvalue weighted by Gasteiger charge is 2.08. The van der Waals surface area contributed by atoms with Gasteiger partial charge in [0, 0.05) is 5.57 Å². The average molecular weight is 181 g/mol. The van der Waals surface area contributed by atoms with E-state index < -0.39 is 5.97 Å². The molecule has 2 N–H and O–H groups in total. The molecule has 0 aromatic heterocycles. The van der Waals surface area contributed by atoms with Crippen molar-refractivity contribution in [3.05, 3.63) is 36.5 Å². The summed E-state index contributed by atoms with van der Waals surface area (Å²) in [6, 6.07) is 0. The second-order valence-electron chi connectivity index (χ2n) is 2.62. The first-order valence-corrected chi connectivity index (χ1v) is 3.98. The fourth-order valence-electron chi connectivity index (χ4n) is 0.971. The third kappa shape index (κ3) is 3.71. The summed E-state index contributed by atoms with van der Waals surface area (Å²) in [5.74, 6) is 4.27. The van der Waals surface area contributed by atoms with Crippen LogP contribution in [0.5, 0.6) is 0 Å². The summed E-state index contributed by atoms with van der Waals surface area (Å²) < 4.78 is 0. The van der Waals surface area contributed by atoms with Crippen LogP contribution >= 0.6 is 0 Å². The molecule has 0 saturated heterocycles. The number of rotatable bonds is 5. The molecule has 0 saturated carbocycles. The third-order valence-corrected chi connectivity index (χ3v) is 1.73. The Morgan fingerprint density at radius 1 is 1.38 bits per heavy atom. The van der Waals surface area contributed by atoms with Crippen molar-refractivity contribution in [3.8, 4) is 0 Å². The zero-order valence-electron chi connectivity index (χ0n) is 7.88. The smallest absolute Gasteiger partial charge is 0.352 e. The third-order valence-electron chi connectivity index (χ3n) is 1.73. The van der Waals surface area contributed by atoms with Crippen LogP contribution in [0.25, 0.3) is 0 Å². The van der Waals surface area contributed by atoms with Crippen LogP contribution in [0.3, 0.4) is 0 Å². The van der Waals surface area contributed by atoms with Gasteiger partial charge in [-0.05, 0) is 19.8 Å². The summed E-state index contributed by atoms with van der Waals surface area (Å²) in [7, 11) is 0. The number of hydrogen-bond donors (Lipinski definition) is 1. The van der Waals surface area contributed by atoms with Crippen LogP contribution in [0.15, 0.2) is 36.5 Å². The molecule has 0 bridgehead atoms. The lowest BCUT2D eigenvalue weighted by Crippen LogP contribution is -2.12. The van der Waals surface area contributed by atoms with Gasteiger partial charge >= 0.3 is 5.97 Å². The van der Waals surface area contributed by atoms with Gasteiger partial charge in [0.05, 0.1) is 0 Å². The van der Waals surface area contributed by atoms with Crippen molar-refractivity contribution in [3.63, 3.8) is 0 Å². The second-order valence-corrected chi connectivity index (χ2v) is 2.62. The molecule has 0 radical (unpaired) electrons. The van der Waals surface area contributed by atoms with Crippen LogP contribution in [0, 0.1) is 0 Å². The quantitative estimate of drug-likeness (QED) is 0.400. The SMILES string of the molecule is C=CCC(CC=C)=C(C)C(=O)ON. The van der Waals surface area contributed by atoms with Gasteiger partial charge in [-0.25, -0.2) is 4.79 Å². The van der Waals surface area contributed by atoms with Gasteiger partial charge in [0.2, 0.25) is 0 Å². The maximum absolute atomic E-state index is 11.0. The Kier molecular flexibility index (Phi) is 5.55. The van der Waals surface area contributed by atoms with Crippen molar-refractivity contribution in [2.24, 2.45) is 5.90 Å². The molecular formula is C10H15NO2. The number of carbonyl (C=O) groups excluding carboxylic acids is 1. The van der Waals surface area contributed by atoms with E-state index in [1.54, 1.807) is 19.1 Å². The summed E-state index contributed by atoms with van der Waals surface area (Å²) in [6.07, 6.45) is 4.75. The zero-order chi connectivity index (χ0) is 10.3. The Balaban J connectivity index is 4.71. The van der Waals surface area contributed by atoms with Crippen LogP contribution in [0.2, 0.25) is 0 Å². The minimum atomic E-state index is -0.501. The predicted octanol–water partition coefficient (Wildman–Crippen LogP) is 1.87. The van der Waals surface area contributed by atoms with E-state index in [0.717, 1.165) is 5.57 Å². The molecule has 3 nitrogen and oxygen atoms in total. The fraction of sp³-hybridized carbons (Fsp3) is 0.300. The normalized spacial score (nSPS) is 8.77. The number of nitrogens with two attached hydrogens (primary N) is 1. The highest BCUT2D eigenvalue weighted by Crippen LogP contribution is 2.14. The minimum Gasteiger partial charge on any atom is -0.370 e. The highest BCUT2D eigenvalue weighted by molar-refractivity contribution is 5.88. The molecule has 72 valence electrons. The van der Waals surface area contributed by atoms with Crippen molar-refractivity contribution < 1.29 is 9.63 Å². The van der Waals surface area contributed by atoms with Crippen LogP contribution < -0.4 is 5.90 Å². The molecule has 0 atom stereocenters. The molecular weight excluding hydrogens is 166 g/mol. The molecule has 0 aliphatic rings. The lowest BCUT2D eigenvalue weighted by Gasteiger charge is -2.05. The van der Waals surface area contributed by atoms with Gasteiger partial charge in [-0.3, -0.25) is 0 Å². The van der Waals surface area contributed by atoms with Gasteiger partial charge in [0.15, 0.2) is 0 Å². The summed E-state index contributed by atoms with van der Waals surface area (Å²) >= 11 is 0. The molecule has 0 aromatic rings. The molecule has 0 rings (SSSR count). The summed E-state index contributed by atoms with van der Waals surface area (Å²) in [5, 5.41) is 0. The largest absolute Gasteiger partial charge is 0.370 e. The van der Waals surface area contributed by atoms with E-state index >= 15 is 0 Å². The number of allylic oxidation sites excluding steroid dienone is 3. The number of hydrogen-bond acceptors (Lipinski definition) is 3. The first-order chi connectivity index (χ1) is 6.17. The molecule has 0 spiro atoms. The Hall–Kier alpha value is -1.35. The first kappa shape index (κ1) is 11.6. The van der Waals surface area contributed by atoms with Crippen LogP contribution in [-0.2, 0) is 9.63 Å². The molecule has 0 amide bonds. The zero-order valence-corrected chi connectivity index (χ0v) is 7.88. The van der Waals surface area contributed by atoms with Crippen molar-refractivity contribution in [2.75, 3.05) is 0 Å². The molecule has 0 aliphatic heterocycles. The van der Waals surface area contributed by atoms with E-state index in [-0.39, 0.29) is 0 Å². The van der Waals surface area contributed by atoms with Gasteiger partial charge in [-0.15, -0.1) is 13.2 Å². The Bertz CT molecular complexity index is 229. The van der Waals surface area contributed by atoms with Gasteiger partial charge in [0.25, 0.3) is 0 Å². The molecule has 0 unspecified atom stereocenters. The van der Waals surface area contributed by atoms with E-state index in [4.69, 9.17) is 5.90 Å². The molecule has 0 fully saturated rings. The molecule has 3 heteroatoms. The van der Waals surface area contributed by atoms with Crippen molar-refractivity contribution in [2.45, 2.75) is 19.8 Å². The summed E-state index contributed by atoms with van der Waals surface area (Å²) in [4.78, 5) is 15.1. The summed E-state index contributed by atoms with van der Waals surface area (Å²) in [6.45, 7) is 8.88. The standard InChI is InChI=1S/C10H15NO2/c1-4-6-9(7-5-2)8(3)10(12)13-11/h4-5H,1-2,6-7,11H2,3H3. The maximum atomic E-state index is 11.0. The van der Waals surface area contributed by atoms with Gasteiger partial charge in [-0.2, -0.15) is 5.90 Å². The second kappa shape index (κ2) is 6.20. The highest BCUT2D eigenvalue weighted by atomic mass is 16.7. The number of carbonyl (C=O) groups is 1. The van der Waals surface area contributed by atoms with E-state index in [1.807, 2.05) is 0 Å². The van der Waals surface area contributed by atoms with E-state index in [0.29, 0.717) is 18.4 Å². The monoisotopic (exact) mass is 181 g/mol. The molecule has 0 aromatic carbocycles. The Morgan fingerprint density at radius 3 is 2.15 bits per heavy atom. The van der Waals surface area contributed by atoms with Crippen LogP contribution in [0.4, 0.5) is 0 Å². The van der Waals surface area contributed by atoms with E-state index in [9.17, 15) is 4.79 Å². The average Bonchev–Trinajstić information content (AvgIpc) is 2.15. The van der Waals surface area contributed by atoms with Crippen molar-refractivity contribution in [1.82, 2.24) is 0 Å². The lowest BCUT2D eigenvalue weighted by atomic mass is 10.0. The van der Waals surface area contributed by atoms with Gasteiger partial charge in [0.1, 0.15) is 0 Å². The molecule has 0 aliphatic carbocycles. The fourth-order valence-corrected chi connectivity index (χ4v) is 0.971. The molecule has 0 heterocycles. The van der Waals surface area contributed by atoms with Crippen molar-refractivity contribution >= 4 is 5.97 Å². The van der Waals surface area contributed by atoms with Crippen LogP contribution in [0.1, 0.15) is 19.8 Å². The van der Waals surface area contributed by atoms with E-state index in [2.05, 4.69) is 18.0 Å². The molecule has 13 heavy (non-hydrogen) atoms. The van der Waals surface area contributed by atoms with Gasteiger partial charge < -0.3 is 4.84 Å². The minimum absolute atomic E-state index is 0.501. The van der Waals surface area contributed by atoms with Gasteiger partial charge in [-0.1, -0.05) is 17.7 Å².